The second kappa shape index (κ2) is 8.09. The van der Waals surface area contributed by atoms with Crippen LogP contribution in [0.4, 0.5) is 5.69 Å². The number of amides is 1. The fourth-order valence-electron chi connectivity index (χ4n) is 2.42. The number of anilines is 1. The Labute approximate surface area is 160 Å². The summed E-state index contributed by atoms with van der Waals surface area (Å²) in [6.07, 6.45) is 1.85. The number of carbonyl (C=O) groups is 2. The third-order valence-corrected chi connectivity index (χ3v) is 4.84. The molecule has 3 aromatic rings. The molecule has 0 saturated carbocycles. The monoisotopic (exact) mass is 385 g/mol. The molecule has 0 spiro atoms. The summed E-state index contributed by atoms with van der Waals surface area (Å²) in [6.45, 7) is 3.32. The molecule has 9 heteroatoms. The molecule has 0 aliphatic rings. The van der Waals surface area contributed by atoms with Gasteiger partial charge in [-0.15, -0.1) is 10.2 Å². The molecule has 0 saturated heterocycles. The Morgan fingerprint density at radius 3 is 2.59 bits per heavy atom. The van der Waals surface area contributed by atoms with Crippen molar-refractivity contribution in [2.75, 3.05) is 16.9 Å². The highest BCUT2D eigenvalue weighted by molar-refractivity contribution is 7.99. The number of nitrogens with two attached hydrogens (primary N) is 1. The molecule has 1 amide bonds. The van der Waals surface area contributed by atoms with Gasteiger partial charge in [0, 0.05) is 23.4 Å². The van der Waals surface area contributed by atoms with Crippen LogP contribution in [0.5, 0.6) is 0 Å². The van der Waals surface area contributed by atoms with Gasteiger partial charge >= 0.3 is 0 Å². The lowest BCUT2D eigenvalue weighted by Crippen LogP contribution is -2.14. The zero-order valence-electron chi connectivity index (χ0n) is 14.9. The van der Waals surface area contributed by atoms with Gasteiger partial charge < -0.3 is 15.6 Å². The lowest BCUT2D eigenvalue weighted by Gasteiger charge is -2.06. The summed E-state index contributed by atoms with van der Waals surface area (Å²) in [5.41, 5.74) is 2.04. The van der Waals surface area contributed by atoms with Gasteiger partial charge in [-0.1, -0.05) is 11.8 Å². The van der Waals surface area contributed by atoms with E-state index in [1.165, 1.54) is 23.4 Å². The average Bonchev–Trinajstić information content (AvgIpc) is 3.21. The normalized spacial score (nSPS) is 10.7. The van der Waals surface area contributed by atoms with Crippen LogP contribution in [0.3, 0.4) is 0 Å². The molecule has 1 aromatic carbocycles. The summed E-state index contributed by atoms with van der Waals surface area (Å²) in [7, 11) is 0. The van der Waals surface area contributed by atoms with Gasteiger partial charge in [-0.05, 0) is 44.2 Å². The van der Waals surface area contributed by atoms with E-state index in [0.717, 1.165) is 5.56 Å². The molecule has 3 rings (SSSR count). The van der Waals surface area contributed by atoms with Crippen molar-refractivity contribution in [1.29, 1.82) is 0 Å². The number of aryl methyl sites for hydroxylation is 1. The van der Waals surface area contributed by atoms with E-state index in [2.05, 4.69) is 15.5 Å². The van der Waals surface area contributed by atoms with Gasteiger partial charge in [0.2, 0.25) is 11.1 Å². The number of ketones is 1. The van der Waals surface area contributed by atoms with Gasteiger partial charge in [-0.3, -0.25) is 9.59 Å². The summed E-state index contributed by atoms with van der Waals surface area (Å²) in [5, 5.41) is 11.5. The average molecular weight is 385 g/mol. The molecule has 0 radical (unpaired) electrons. The Kier molecular flexibility index (Phi) is 5.60. The number of Topliss-reactive ketones (excluding diaryl/α,β-unsaturated/α-hetero) is 1. The molecular weight excluding hydrogens is 366 g/mol. The number of nitrogens with one attached hydrogen (secondary N) is 1. The van der Waals surface area contributed by atoms with E-state index in [1.54, 1.807) is 36.6 Å². The Hall–Kier alpha value is -3.07. The zero-order chi connectivity index (χ0) is 19.4. The maximum Gasteiger partial charge on any atom is 0.225 e. The molecule has 0 bridgehead atoms. The maximum absolute atomic E-state index is 12.1. The van der Waals surface area contributed by atoms with Gasteiger partial charge in [-0.25, -0.2) is 4.68 Å². The van der Waals surface area contributed by atoms with Gasteiger partial charge in [-0.2, -0.15) is 0 Å². The van der Waals surface area contributed by atoms with Crippen molar-refractivity contribution < 1.29 is 14.0 Å². The number of carbonyl (C=O) groups excluding carboxylic acids is 2. The van der Waals surface area contributed by atoms with Crippen LogP contribution < -0.4 is 11.2 Å². The SMILES string of the molecule is CC(=O)c1ccc(NC(=O)CCSc2nnc(-c3ccoc3C)n2N)cc1. The first kappa shape index (κ1) is 18.7. The first-order valence-electron chi connectivity index (χ1n) is 8.24. The summed E-state index contributed by atoms with van der Waals surface area (Å²) >= 11 is 1.34. The third-order valence-electron chi connectivity index (χ3n) is 3.90. The van der Waals surface area contributed by atoms with Crippen molar-refractivity contribution >= 4 is 29.1 Å². The van der Waals surface area contributed by atoms with Crippen molar-refractivity contribution in [2.24, 2.45) is 0 Å². The standard InChI is InChI=1S/C18H19N5O3S/c1-11(24)13-3-5-14(6-4-13)20-16(25)8-10-27-18-22-21-17(23(18)19)15-7-9-26-12(15)2/h3-7,9H,8,10,19H2,1-2H3,(H,20,25). The summed E-state index contributed by atoms with van der Waals surface area (Å²) in [6, 6.07) is 8.56. The lowest BCUT2D eigenvalue weighted by atomic mass is 10.1. The molecule has 0 aliphatic carbocycles. The second-order valence-electron chi connectivity index (χ2n) is 5.85. The predicted molar refractivity (Wildman–Crippen MR) is 103 cm³/mol. The highest BCUT2D eigenvalue weighted by Crippen LogP contribution is 2.25. The van der Waals surface area contributed by atoms with Crippen molar-refractivity contribution in [3.05, 3.63) is 47.9 Å². The number of rotatable bonds is 7. The van der Waals surface area contributed by atoms with E-state index in [-0.39, 0.29) is 18.1 Å². The number of benzene rings is 1. The second-order valence-corrected chi connectivity index (χ2v) is 6.91. The van der Waals surface area contributed by atoms with Crippen LogP contribution in [0.15, 0.2) is 46.2 Å². The molecule has 140 valence electrons. The molecule has 3 N–H and O–H groups in total. The number of aromatic nitrogens is 3. The molecule has 0 fully saturated rings. The molecule has 8 nitrogen and oxygen atoms in total. The maximum atomic E-state index is 12.1. The molecule has 0 atom stereocenters. The topological polar surface area (TPSA) is 116 Å². The van der Waals surface area contributed by atoms with E-state index in [4.69, 9.17) is 10.3 Å². The number of thioether (sulfide) groups is 1. The summed E-state index contributed by atoms with van der Waals surface area (Å²) in [4.78, 5) is 23.3. The fraction of sp³-hybridized carbons (Fsp3) is 0.222. The van der Waals surface area contributed by atoms with Crippen molar-refractivity contribution in [3.63, 3.8) is 0 Å². The van der Waals surface area contributed by atoms with Crippen LogP contribution in [-0.4, -0.2) is 32.3 Å². The number of furan rings is 1. The van der Waals surface area contributed by atoms with E-state index >= 15 is 0 Å². The van der Waals surface area contributed by atoms with Crippen molar-refractivity contribution in [1.82, 2.24) is 14.9 Å². The molecule has 2 heterocycles. The third kappa shape index (κ3) is 4.37. The number of hydrogen-bond donors (Lipinski definition) is 2. The first-order chi connectivity index (χ1) is 13.0. The lowest BCUT2D eigenvalue weighted by molar-refractivity contribution is -0.115. The van der Waals surface area contributed by atoms with E-state index in [1.807, 2.05) is 6.92 Å². The molecule has 27 heavy (non-hydrogen) atoms. The number of hydrogen-bond acceptors (Lipinski definition) is 7. The van der Waals surface area contributed by atoms with Crippen LogP contribution in [0.25, 0.3) is 11.4 Å². The number of nitrogen functional groups attached to an aromatic ring is 1. The van der Waals surface area contributed by atoms with Crippen LogP contribution in [0.2, 0.25) is 0 Å². The minimum atomic E-state index is -0.132. The highest BCUT2D eigenvalue weighted by Gasteiger charge is 2.16. The molecule has 0 aliphatic heterocycles. The van der Waals surface area contributed by atoms with Gasteiger partial charge in [0.25, 0.3) is 0 Å². The zero-order valence-corrected chi connectivity index (χ0v) is 15.7. The Balaban J connectivity index is 1.52. The van der Waals surface area contributed by atoms with Crippen molar-refractivity contribution in [3.8, 4) is 11.4 Å². The van der Waals surface area contributed by atoms with Gasteiger partial charge in [0.15, 0.2) is 11.6 Å². The minimum Gasteiger partial charge on any atom is -0.469 e. The van der Waals surface area contributed by atoms with Crippen LogP contribution in [0, 0.1) is 6.92 Å². The van der Waals surface area contributed by atoms with Crippen LogP contribution in [0.1, 0.15) is 29.5 Å². The van der Waals surface area contributed by atoms with Gasteiger partial charge in [0.1, 0.15) is 5.76 Å². The smallest absolute Gasteiger partial charge is 0.225 e. The van der Waals surface area contributed by atoms with E-state index < -0.39 is 0 Å². The first-order valence-corrected chi connectivity index (χ1v) is 9.23. The quantitative estimate of drug-likeness (QED) is 0.365. The largest absolute Gasteiger partial charge is 0.469 e. The van der Waals surface area contributed by atoms with Crippen LogP contribution >= 0.6 is 11.8 Å². The highest BCUT2D eigenvalue weighted by atomic mass is 32.2. The Bertz CT molecular complexity index is 962. The van der Waals surface area contributed by atoms with E-state index in [0.29, 0.717) is 33.7 Å². The molecular formula is C18H19N5O3S. The number of nitrogens with zero attached hydrogens (tertiary/aromatic N) is 3. The predicted octanol–water partition coefficient (Wildman–Crippen LogP) is 2.88. The van der Waals surface area contributed by atoms with E-state index in [9.17, 15) is 9.59 Å². The Morgan fingerprint density at radius 2 is 1.96 bits per heavy atom. The minimum absolute atomic E-state index is 0.0137. The molecule has 2 aromatic heterocycles. The molecule has 0 unspecified atom stereocenters. The summed E-state index contributed by atoms with van der Waals surface area (Å²) in [5.74, 6) is 7.62. The Morgan fingerprint density at radius 1 is 1.22 bits per heavy atom. The fourth-order valence-corrected chi connectivity index (χ4v) is 3.22. The van der Waals surface area contributed by atoms with Crippen molar-refractivity contribution in [2.45, 2.75) is 25.4 Å². The summed E-state index contributed by atoms with van der Waals surface area (Å²) < 4.78 is 6.65. The van der Waals surface area contributed by atoms with Crippen LogP contribution in [-0.2, 0) is 4.79 Å². The van der Waals surface area contributed by atoms with Gasteiger partial charge in [0.05, 0.1) is 11.8 Å².